The number of fused-ring (bicyclic) bond motifs is 2. The van der Waals surface area contributed by atoms with Crippen LogP contribution in [0.25, 0.3) is 32.6 Å². The summed E-state index contributed by atoms with van der Waals surface area (Å²) in [6.07, 6.45) is 1.77. The number of nitro benzene ring substituents is 1. The van der Waals surface area contributed by atoms with Gasteiger partial charge >= 0.3 is 0 Å². The van der Waals surface area contributed by atoms with Gasteiger partial charge in [0.2, 0.25) is 15.8 Å². The minimum atomic E-state index is -4.32. The number of non-ortho nitro benzene ring substituents is 1. The Balaban J connectivity index is 1.71. The van der Waals surface area contributed by atoms with Gasteiger partial charge in [-0.15, -0.1) is 0 Å². The highest BCUT2D eigenvalue weighted by molar-refractivity contribution is 7.94. The van der Waals surface area contributed by atoms with Gasteiger partial charge in [-0.3, -0.25) is 10.1 Å². The van der Waals surface area contributed by atoms with Gasteiger partial charge < -0.3 is 9.71 Å². The fourth-order valence-corrected chi connectivity index (χ4v) is 4.54. The number of nitrogens with zero attached hydrogens (tertiary/aromatic N) is 6. The van der Waals surface area contributed by atoms with E-state index in [1.807, 2.05) is 41.9 Å². The monoisotopic (exact) mass is 460 g/mol. The molecular formula is C22H16N6O4S. The number of aromatic nitrogens is 4. The van der Waals surface area contributed by atoms with Gasteiger partial charge in [-0.25, -0.2) is 18.0 Å². The first-order chi connectivity index (χ1) is 15.8. The molecule has 0 N–H and O–H groups in total. The molecule has 5 aromatic rings. The molecule has 0 bridgehead atoms. The average Bonchev–Trinajstić information content (AvgIpc) is 3.15. The van der Waals surface area contributed by atoms with Crippen molar-refractivity contribution in [3.05, 3.63) is 94.0 Å². The Kier molecular flexibility index (Phi) is 4.75. The first-order valence-electron chi connectivity index (χ1n) is 9.79. The zero-order valence-electron chi connectivity index (χ0n) is 17.2. The lowest BCUT2D eigenvalue weighted by Crippen LogP contribution is -2.25. The van der Waals surface area contributed by atoms with Crippen molar-refractivity contribution in [3.63, 3.8) is 0 Å². The van der Waals surface area contributed by atoms with E-state index in [4.69, 9.17) is 0 Å². The molecule has 33 heavy (non-hydrogen) atoms. The van der Waals surface area contributed by atoms with E-state index >= 15 is 0 Å². The molecule has 10 nitrogen and oxygen atoms in total. The zero-order chi connectivity index (χ0) is 23.2. The molecule has 0 saturated carbocycles. The summed E-state index contributed by atoms with van der Waals surface area (Å²) < 4.78 is 33.7. The van der Waals surface area contributed by atoms with Crippen LogP contribution in [0.15, 0.2) is 84.0 Å². The summed E-state index contributed by atoms with van der Waals surface area (Å²) in [5, 5.41) is 11.1. The molecule has 0 aliphatic carbocycles. The van der Waals surface area contributed by atoms with Crippen LogP contribution in [0, 0.1) is 10.1 Å². The van der Waals surface area contributed by atoms with Crippen LogP contribution in [-0.4, -0.2) is 27.9 Å². The standard InChI is InChI=1S/C22H16N6O4S/c1-26-14-27(20-12-5-4-11-19(20)26)22-21(23-17-9-2-3-10-18(17)24-22)25-33(31,32)16-8-6-7-15(13-16)28(29)30/h2-14H,1H3. The average molecular weight is 460 g/mol. The Morgan fingerprint density at radius 2 is 1.67 bits per heavy atom. The van der Waals surface area contributed by atoms with E-state index < -0.39 is 14.9 Å². The Hall–Kier alpha value is -4.38. The summed E-state index contributed by atoms with van der Waals surface area (Å²) in [6.45, 7) is 0. The summed E-state index contributed by atoms with van der Waals surface area (Å²) in [5.41, 5.74) is 2.38. The van der Waals surface area contributed by atoms with Crippen LogP contribution >= 0.6 is 0 Å². The number of para-hydroxylation sites is 4. The van der Waals surface area contributed by atoms with E-state index in [1.165, 1.54) is 18.2 Å². The van der Waals surface area contributed by atoms with Crippen LogP contribution in [0.2, 0.25) is 0 Å². The van der Waals surface area contributed by atoms with E-state index in [-0.39, 0.29) is 22.2 Å². The second-order valence-electron chi connectivity index (χ2n) is 7.27. The summed E-state index contributed by atoms with van der Waals surface area (Å²) in [4.78, 5) is 19.3. The van der Waals surface area contributed by atoms with Crippen molar-refractivity contribution in [1.29, 1.82) is 0 Å². The molecule has 2 heterocycles. The highest BCUT2D eigenvalue weighted by Crippen LogP contribution is 2.34. The summed E-state index contributed by atoms with van der Waals surface area (Å²) in [6, 6.07) is 19.4. The first kappa shape index (κ1) is 20.5. The van der Waals surface area contributed by atoms with Crippen molar-refractivity contribution in [2.24, 2.45) is 7.05 Å². The predicted octanol–water partition coefficient (Wildman–Crippen LogP) is 3.70. The topological polar surface area (TPSA) is 126 Å². The van der Waals surface area contributed by atoms with Gasteiger partial charge in [0.25, 0.3) is 12.0 Å². The molecule has 0 spiro atoms. The third-order valence-electron chi connectivity index (χ3n) is 5.11. The third kappa shape index (κ3) is 3.64. The summed E-state index contributed by atoms with van der Waals surface area (Å²) in [5.74, 6) is 0.0982. The number of nitro groups is 1. The van der Waals surface area contributed by atoms with Crippen molar-refractivity contribution in [2.75, 3.05) is 0 Å². The number of aryl methyl sites for hydroxylation is 1. The molecule has 0 fully saturated rings. The predicted molar refractivity (Wildman–Crippen MR) is 121 cm³/mol. The highest BCUT2D eigenvalue weighted by atomic mass is 32.2. The first-order valence-corrected chi connectivity index (χ1v) is 11.2. The van der Waals surface area contributed by atoms with Crippen LogP contribution in [0.3, 0.4) is 0 Å². The molecular weight excluding hydrogens is 444 g/mol. The van der Waals surface area contributed by atoms with Crippen molar-refractivity contribution < 1.29 is 17.9 Å². The van der Waals surface area contributed by atoms with Gasteiger partial charge in [-0.2, -0.15) is 4.57 Å². The van der Waals surface area contributed by atoms with Gasteiger partial charge in [-0.05, 0) is 29.8 Å². The van der Waals surface area contributed by atoms with Gasteiger partial charge in [0, 0.05) is 18.0 Å². The second-order valence-corrected chi connectivity index (χ2v) is 8.87. The normalized spacial score (nSPS) is 11.7. The maximum Gasteiger partial charge on any atom is 0.270 e. The maximum absolute atomic E-state index is 13.1. The lowest BCUT2D eigenvalue weighted by atomic mass is 10.3. The quantitative estimate of drug-likeness (QED) is 0.224. The van der Waals surface area contributed by atoms with E-state index in [1.54, 1.807) is 29.1 Å². The SMILES string of the molecule is C[n+]1cn(-c2nc3ccccc3nc2[N-]S(=O)(=O)c2cccc([N+](=O)[O-])c2)c2ccccc21. The minimum absolute atomic E-state index is 0.124. The van der Waals surface area contributed by atoms with Crippen molar-refractivity contribution in [2.45, 2.75) is 4.90 Å². The van der Waals surface area contributed by atoms with Crippen molar-refractivity contribution in [3.8, 4) is 5.82 Å². The number of sulfonamides is 1. The fraction of sp³-hybridized carbons (Fsp3) is 0.0455. The zero-order valence-corrected chi connectivity index (χ0v) is 18.0. The van der Waals surface area contributed by atoms with Crippen LogP contribution in [-0.2, 0) is 17.1 Å². The largest absolute Gasteiger partial charge is 0.429 e. The minimum Gasteiger partial charge on any atom is -0.429 e. The number of benzene rings is 3. The van der Waals surface area contributed by atoms with E-state index in [9.17, 15) is 18.5 Å². The number of imidazole rings is 1. The lowest BCUT2D eigenvalue weighted by Gasteiger charge is -2.18. The molecule has 0 aliphatic rings. The molecule has 5 rings (SSSR count). The Labute approximate surface area is 188 Å². The second kappa shape index (κ2) is 7.64. The number of rotatable bonds is 5. The van der Waals surface area contributed by atoms with Crippen LogP contribution in [0.5, 0.6) is 0 Å². The Morgan fingerprint density at radius 3 is 2.42 bits per heavy atom. The molecule has 0 unspecified atom stereocenters. The molecule has 0 amide bonds. The molecule has 164 valence electrons. The Morgan fingerprint density at radius 1 is 0.970 bits per heavy atom. The molecule has 2 aromatic heterocycles. The third-order valence-corrected chi connectivity index (χ3v) is 6.37. The van der Waals surface area contributed by atoms with Crippen molar-refractivity contribution >= 4 is 43.6 Å². The molecule has 0 saturated heterocycles. The number of hydrogen-bond donors (Lipinski definition) is 0. The molecule has 0 aliphatic heterocycles. The number of hydrogen-bond acceptors (Lipinski definition) is 6. The van der Waals surface area contributed by atoms with Gasteiger partial charge in [0.1, 0.15) is 0 Å². The lowest BCUT2D eigenvalue weighted by molar-refractivity contribution is -0.645. The van der Waals surface area contributed by atoms with Gasteiger partial charge in [0.05, 0.1) is 22.4 Å². The highest BCUT2D eigenvalue weighted by Gasteiger charge is 2.21. The molecule has 0 radical (unpaired) electrons. The van der Waals surface area contributed by atoms with Crippen LogP contribution in [0.1, 0.15) is 0 Å². The molecule has 3 aromatic carbocycles. The van der Waals surface area contributed by atoms with E-state index in [0.29, 0.717) is 11.0 Å². The molecule has 0 atom stereocenters. The van der Waals surface area contributed by atoms with Crippen LogP contribution in [0.4, 0.5) is 11.5 Å². The summed E-state index contributed by atoms with van der Waals surface area (Å²) >= 11 is 0. The van der Waals surface area contributed by atoms with Gasteiger partial charge in [-0.1, -0.05) is 36.4 Å². The van der Waals surface area contributed by atoms with E-state index in [2.05, 4.69) is 14.7 Å². The van der Waals surface area contributed by atoms with Gasteiger partial charge in [0.15, 0.2) is 11.0 Å². The fourth-order valence-electron chi connectivity index (χ4n) is 3.56. The smallest absolute Gasteiger partial charge is 0.270 e. The van der Waals surface area contributed by atoms with Crippen molar-refractivity contribution in [1.82, 2.24) is 14.5 Å². The van der Waals surface area contributed by atoms with Crippen LogP contribution < -0.4 is 4.57 Å². The van der Waals surface area contributed by atoms with E-state index in [0.717, 1.165) is 17.1 Å². The molecule has 11 heteroatoms. The maximum atomic E-state index is 13.1. The Bertz CT molecular complexity index is 1660. The summed E-state index contributed by atoms with van der Waals surface area (Å²) in [7, 11) is -2.45.